The van der Waals surface area contributed by atoms with Crippen LogP contribution in [0.25, 0.3) is 32.3 Å². The van der Waals surface area contributed by atoms with Crippen molar-refractivity contribution in [2.45, 2.75) is 9.79 Å². The topological polar surface area (TPSA) is 34.1 Å². The molecule has 0 N–H and O–H groups in total. The lowest BCUT2D eigenvalue weighted by molar-refractivity contribution is 0.597. The van der Waals surface area contributed by atoms with Gasteiger partial charge in [-0.2, -0.15) is 0 Å². The largest absolute Gasteiger partial charge is 0.243 e. The number of benzene rings is 6. The van der Waals surface area contributed by atoms with Crippen LogP contribution in [0.1, 0.15) is 0 Å². The molecule has 7 rings (SSSR count). The molecule has 4 heteroatoms. The highest BCUT2D eigenvalue weighted by Crippen LogP contribution is 2.39. The summed E-state index contributed by atoms with van der Waals surface area (Å²) in [5.41, 5.74) is 2.98. The van der Waals surface area contributed by atoms with Crippen LogP contribution in [0.5, 0.6) is 0 Å². The van der Waals surface area contributed by atoms with Gasteiger partial charge in [0.15, 0.2) is 0 Å². The van der Waals surface area contributed by atoms with E-state index in [0.29, 0.717) is 9.79 Å². The maximum absolute atomic E-state index is 14.0. The molecule has 0 bridgehead atoms. The average molecular weight is 428 g/mol. The van der Waals surface area contributed by atoms with Gasteiger partial charge in [0.1, 0.15) is 0 Å². The van der Waals surface area contributed by atoms with Crippen molar-refractivity contribution in [3.8, 4) is 0 Å². The molecule has 1 aliphatic heterocycles. The SMILES string of the molecule is O=S1(=O)c2ccccc2B(c2ccccc2)c2cc3cccc4ccc5ccc1c2c5c43. The standard InChI is InChI=1S/C28H17BO2S/c30-32(31)24-12-5-4-11-22(24)29(21-9-2-1-3-10-21)23-17-20-8-6-7-18-13-14-19-15-16-25(32)28(23)27(19)26(18)20/h1-17H. The summed E-state index contributed by atoms with van der Waals surface area (Å²) in [6.07, 6.45) is 0. The average Bonchev–Trinajstić information content (AvgIpc) is 2.91. The van der Waals surface area contributed by atoms with E-state index in [1.54, 1.807) is 12.1 Å². The van der Waals surface area contributed by atoms with Crippen molar-refractivity contribution in [2.75, 3.05) is 0 Å². The van der Waals surface area contributed by atoms with Crippen LogP contribution < -0.4 is 16.4 Å². The van der Waals surface area contributed by atoms with E-state index in [4.69, 9.17) is 0 Å². The lowest BCUT2D eigenvalue weighted by Gasteiger charge is -2.20. The van der Waals surface area contributed by atoms with Crippen LogP contribution in [0.2, 0.25) is 0 Å². The summed E-state index contributed by atoms with van der Waals surface area (Å²) in [4.78, 5) is 0.806. The second-order valence-electron chi connectivity index (χ2n) is 8.53. The van der Waals surface area contributed by atoms with Gasteiger partial charge in [0.05, 0.1) is 9.79 Å². The van der Waals surface area contributed by atoms with E-state index in [1.165, 1.54) is 0 Å². The summed E-state index contributed by atoms with van der Waals surface area (Å²) >= 11 is 0. The summed E-state index contributed by atoms with van der Waals surface area (Å²) in [6.45, 7) is -0.169. The van der Waals surface area contributed by atoms with Crippen molar-refractivity contribution in [1.82, 2.24) is 0 Å². The number of hydrogen-bond acceptors (Lipinski definition) is 2. The Morgan fingerprint density at radius 3 is 2.03 bits per heavy atom. The molecule has 0 saturated carbocycles. The maximum atomic E-state index is 14.0. The van der Waals surface area contributed by atoms with Crippen molar-refractivity contribution < 1.29 is 8.42 Å². The monoisotopic (exact) mass is 428 g/mol. The van der Waals surface area contributed by atoms with E-state index in [9.17, 15) is 8.42 Å². The van der Waals surface area contributed by atoms with Gasteiger partial charge in [-0.15, -0.1) is 0 Å². The Kier molecular flexibility index (Phi) is 3.49. The highest BCUT2D eigenvalue weighted by molar-refractivity contribution is 7.92. The van der Waals surface area contributed by atoms with Gasteiger partial charge < -0.3 is 0 Å². The lowest BCUT2D eigenvalue weighted by atomic mass is 9.36. The third kappa shape index (κ3) is 2.22. The van der Waals surface area contributed by atoms with E-state index in [-0.39, 0.29) is 6.71 Å². The van der Waals surface area contributed by atoms with Crippen molar-refractivity contribution >= 4 is 65.3 Å². The summed E-state index contributed by atoms with van der Waals surface area (Å²) in [5, 5.41) is 6.39. The van der Waals surface area contributed by atoms with E-state index < -0.39 is 9.84 Å². The zero-order valence-corrected chi connectivity index (χ0v) is 17.9. The minimum atomic E-state index is -3.68. The van der Waals surface area contributed by atoms with Gasteiger partial charge >= 0.3 is 0 Å². The number of hydrogen-bond donors (Lipinski definition) is 0. The second-order valence-corrected chi connectivity index (χ2v) is 10.4. The quantitative estimate of drug-likeness (QED) is 0.290. The van der Waals surface area contributed by atoms with Crippen LogP contribution in [0.15, 0.2) is 113 Å². The molecule has 6 aromatic carbocycles. The van der Waals surface area contributed by atoms with E-state index in [1.807, 2.05) is 42.5 Å². The molecule has 0 unspecified atom stereocenters. The minimum Gasteiger partial charge on any atom is -0.219 e. The number of sulfone groups is 1. The second kappa shape index (κ2) is 6.21. The molecule has 6 aromatic rings. The van der Waals surface area contributed by atoms with Crippen molar-refractivity contribution in [3.63, 3.8) is 0 Å². The van der Waals surface area contributed by atoms with Crippen LogP contribution in [0, 0.1) is 0 Å². The van der Waals surface area contributed by atoms with Crippen LogP contribution >= 0.6 is 0 Å². The molecule has 0 aromatic heterocycles. The van der Waals surface area contributed by atoms with Gasteiger partial charge in [0.25, 0.3) is 0 Å². The van der Waals surface area contributed by atoms with Crippen molar-refractivity contribution in [2.24, 2.45) is 0 Å². The normalized spacial score (nSPS) is 14.7. The zero-order chi connectivity index (χ0) is 21.4. The lowest BCUT2D eigenvalue weighted by Crippen LogP contribution is -2.52. The first-order chi connectivity index (χ1) is 15.6. The molecule has 0 atom stereocenters. The van der Waals surface area contributed by atoms with Gasteiger partial charge in [-0.1, -0.05) is 102 Å². The van der Waals surface area contributed by atoms with Gasteiger partial charge in [-0.05, 0) is 49.9 Å². The van der Waals surface area contributed by atoms with Gasteiger partial charge in [0, 0.05) is 0 Å². The first-order valence-corrected chi connectivity index (χ1v) is 12.2. The summed E-state index contributed by atoms with van der Waals surface area (Å²) in [5.74, 6) is 0. The molecule has 1 heterocycles. The Labute approximate surface area is 186 Å². The molecular formula is C28H17BO2S. The molecule has 2 nitrogen and oxygen atoms in total. The summed E-state index contributed by atoms with van der Waals surface area (Å²) < 4.78 is 28.0. The molecule has 0 aliphatic carbocycles. The van der Waals surface area contributed by atoms with E-state index >= 15 is 0 Å². The molecule has 0 spiro atoms. The fourth-order valence-corrected chi connectivity index (χ4v) is 7.28. The molecule has 1 aliphatic rings. The Bertz CT molecular complexity index is 1790. The first kappa shape index (κ1) is 18.0. The Balaban J connectivity index is 1.80. The number of rotatable bonds is 1. The van der Waals surface area contributed by atoms with Gasteiger partial charge in [0.2, 0.25) is 16.6 Å². The van der Waals surface area contributed by atoms with Crippen molar-refractivity contribution in [1.29, 1.82) is 0 Å². The maximum Gasteiger partial charge on any atom is 0.243 e. The molecule has 0 saturated heterocycles. The van der Waals surface area contributed by atoms with Crippen LogP contribution in [-0.2, 0) is 9.84 Å². The highest BCUT2D eigenvalue weighted by Gasteiger charge is 2.37. The van der Waals surface area contributed by atoms with Crippen LogP contribution in [0.3, 0.4) is 0 Å². The highest BCUT2D eigenvalue weighted by atomic mass is 32.2. The predicted octanol–water partition coefficient (Wildman–Crippen LogP) is 4.25. The van der Waals surface area contributed by atoms with E-state index in [0.717, 1.165) is 48.7 Å². The van der Waals surface area contributed by atoms with E-state index in [2.05, 4.69) is 48.5 Å². The summed E-state index contributed by atoms with van der Waals surface area (Å²) in [7, 11) is -3.68. The fourth-order valence-electron chi connectivity index (χ4n) is 5.56. The van der Waals surface area contributed by atoms with Crippen LogP contribution in [-0.4, -0.2) is 15.1 Å². The van der Waals surface area contributed by atoms with Gasteiger partial charge in [-0.25, -0.2) is 8.42 Å². The van der Waals surface area contributed by atoms with Crippen molar-refractivity contribution in [3.05, 3.63) is 103 Å². The third-order valence-electron chi connectivity index (χ3n) is 6.87. The Hall–Kier alpha value is -3.63. The first-order valence-electron chi connectivity index (χ1n) is 10.7. The Morgan fingerprint density at radius 1 is 0.500 bits per heavy atom. The molecule has 0 fully saturated rings. The Morgan fingerprint density at radius 2 is 1.19 bits per heavy atom. The van der Waals surface area contributed by atoms with Gasteiger partial charge in [-0.3, -0.25) is 0 Å². The molecule has 150 valence electrons. The van der Waals surface area contributed by atoms with Crippen LogP contribution in [0.4, 0.5) is 0 Å². The molecule has 32 heavy (non-hydrogen) atoms. The smallest absolute Gasteiger partial charge is 0.219 e. The molecular weight excluding hydrogens is 411 g/mol. The summed E-state index contributed by atoms with van der Waals surface area (Å²) in [6, 6.07) is 34.2. The molecule has 0 amide bonds. The minimum absolute atomic E-state index is 0.169. The zero-order valence-electron chi connectivity index (χ0n) is 17.1. The third-order valence-corrected chi connectivity index (χ3v) is 8.74. The number of fused-ring (bicyclic) bond motifs is 1. The predicted molar refractivity (Wildman–Crippen MR) is 133 cm³/mol. The molecule has 0 radical (unpaired) electrons. The fraction of sp³-hybridized carbons (Fsp3) is 0.